The summed E-state index contributed by atoms with van der Waals surface area (Å²) < 4.78 is 0. The molecule has 1 aromatic carbocycles. The highest BCUT2D eigenvalue weighted by Crippen LogP contribution is 2.24. The van der Waals surface area contributed by atoms with Crippen LogP contribution in [0, 0.1) is 11.8 Å². The second kappa shape index (κ2) is 9.01. The summed E-state index contributed by atoms with van der Waals surface area (Å²) in [6.07, 6.45) is 2.68. The van der Waals surface area contributed by atoms with Crippen molar-refractivity contribution in [2.24, 2.45) is 11.8 Å². The van der Waals surface area contributed by atoms with Gasteiger partial charge < -0.3 is 5.32 Å². The van der Waals surface area contributed by atoms with Crippen molar-refractivity contribution in [3.8, 4) is 0 Å². The Morgan fingerprint density at radius 3 is 2.11 bits per heavy atom. The molecule has 0 radical (unpaired) electrons. The molecular weight excluding hydrogens is 336 g/mol. The highest BCUT2D eigenvalue weighted by molar-refractivity contribution is 5.98. The summed E-state index contributed by atoms with van der Waals surface area (Å²) in [4.78, 5) is 27.4. The van der Waals surface area contributed by atoms with Crippen LogP contribution in [-0.4, -0.2) is 41.3 Å². The van der Waals surface area contributed by atoms with Gasteiger partial charge in [0.25, 0.3) is 0 Å². The normalized spacial score (nSPS) is 17.7. The Hall–Kier alpha value is -1.68. The molecule has 0 spiro atoms. The first-order chi connectivity index (χ1) is 12.6. The SMILES string of the molecule is CC(C)Cc1ccc(C(=O)C2CCN(C(C)C(=O)NC(C)(C)C)CC2)cc1. The lowest BCUT2D eigenvalue weighted by Crippen LogP contribution is -2.53. The Morgan fingerprint density at radius 1 is 1.07 bits per heavy atom. The van der Waals surface area contributed by atoms with Gasteiger partial charge in [0.1, 0.15) is 0 Å². The topological polar surface area (TPSA) is 49.4 Å². The van der Waals surface area contributed by atoms with Crippen LogP contribution in [0.4, 0.5) is 0 Å². The van der Waals surface area contributed by atoms with Gasteiger partial charge in [-0.05, 0) is 71.5 Å². The third-order valence-electron chi connectivity index (χ3n) is 5.21. The van der Waals surface area contributed by atoms with Crippen molar-refractivity contribution in [2.75, 3.05) is 13.1 Å². The van der Waals surface area contributed by atoms with Crippen LogP contribution in [0.3, 0.4) is 0 Å². The number of ketones is 1. The zero-order valence-corrected chi connectivity index (χ0v) is 17.8. The molecule has 1 aliphatic rings. The Bertz CT molecular complexity index is 635. The van der Waals surface area contributed by atoms with Crippen LogP contribution in [0.15, 0.2) is 24.3 Å². The molecule has 1 N–H and O–H groups in total. The van der Waals surface area contributed by atoms with Gasteiger partial charge in [-0.3, -0.25) is 14.5 Å². The maximum absolute atomic E-state index is 12.8. The van der Waals surface area contributed by atoms with E-state index in [4.69, 9.17) is 0 Å². The number of Topliss-reactive ketones (excluding diaryl/α,β-unsaturated/α-hetero) is 1. The number of piperidine rings is 1. The van der Waals surface area contributed by atoms with E-state index >= 15 is 0 Å². The van der Waals surface area contributed by atoms with E-state index in [1.807, 2.05) is 39.8 Å². The molecule has 2 rings (SSSR count). The van der Waals surface area contributed by atoms with Crippen LogP contribution < -0.4 is 5.32 Å². The summed E-state index contributed by atoms with van der Waals surface area (Å²) in [6, 6.07) is 7.97. The van der Waals surface area contributed by atoms with Gasteiger partial charge in [0.05, 0.1) is 6.04 Å². The summed E-state index contributed by atoms with van der Waals surface area (Å²) in [5.74, 6) is 0.994. The van der Waals surface area contributed by atoms with Gasteiger partial charge in [-0.1, -0.05) is 38.1 Å². The Labute approximate surface area is 164 Å². The van der Waals surface area contributed by atoms with Crippen LogP contribution in [0.25, 0.3) is 0 Å². The molecule has 0 aromatic heterocycles. The zero-order chi connectivity index (χ0) is 20.2. The van der Waals surface area contributed by atoms with Gasteiger partial charge in [-0.15, -0.1) is 0 Å². The molecule has 0 aliphatic carbocycles. The fourth-order valence-electron chi connectivity index (χ4n) is 3.70. The zero-order valence-electron chi connectivity index (χ0n) is 17.8. The Balaban J connectivity index is 1.89. The van der Waals surface area contributed by atoms with Crippen LogP contribution in [0.1, 0.15) is 70.3 Å². The van der Waals surface area contributed by atoms with Gasteiger partial charge in [0, 0.05) is 17.0 Å². The van der Waals surface area contributed by atoms with Crippen molar-refractivity contribution in [1.82, 2.24) is 10.2 Å². The molecule has 4 nitrogen and oxygen atoms in total. The second-order valence-electron chi connectivity index (χ2n) is 9.38. The summed E-state index contributed by atoms with van der Waals surface area (Å²) >= 11 is 0. The molecule has 1 heterocycles. The van der Waals surface area contributed by atoms with Crippen molar-refractivity contribution in [2.45, 2.75) is 72.4 Å². The van der Waals surface area contributed by atoms with E-state index in [2.05, 4.69) is 36.2 Å². The predicted octanol–water partition coefficient (Wildman–Crippen LogP) is 4.08. The van der Waals surface area contributed by atoms with E-state index in [0.717, 1.165) is 37.9 Å². The van der Waals surface area contributed by atoms with E-state index in [0.29, 0.717) is 5.92 Å². The molecular formula is C23H36N2O2. The monoisotopic (exact) mass is 372 g/mol. The van der Waals surface area contributed by atoms with Crippen LogP contribution in [0.2, 0.25) is 0 Å². The number of rotatable bonds is 6. The van der Waals surface area contributed by atoms with Gasteiger partial charge in [0.15, 0.2) is 5.78 Å². The van der Waals surface area contributed by atoms with Crippen molar-refractivity contribution in [3.05, 3.63) is 35.4 Å². The lowest BCUT2D eigenvalue weighted by molar-refractivity contribution is -0.127. The van der Waals surface area contributed by atoms with E-state index in [1.165, 1.54) is 5.56 Å². The number of hydrogen-bond acceptors (Lipinski definition) is 3. The number of carbonyl (C=O) groups is 2. The summed E-state index contributed by atoms with van der Waals surface area (Å²) in [5, 5.41) is 3.05. The number of carbonyl (C=O) groups excluding carboxylic acids is 2. The molecule has 1 unspecified atom stereocenters. The largest absolute Gasteiger partial charge is 0.350 e. The molecule has 0 bridgehead atoms. The van der Waals surface area contributed by atoms with Crippen molar-refractivity contribution < 1.29 is 9.59 Å². The quantitative estimate of drug-likeness (QED) is 0.766. The third-order valence-corrected chi connectivity index (χ3v) is 5.21. The third kappa shape index (κ3) is 6.46. The molecule has 1 aliphatic heterocycles. The van der Waals surface area contributed by atoms with Gasteiger partial charge >= 0.3 is 0 Å². The number of nitrogens with zero attached hydrogens (tertiary/aromatic N) is 1. The average molecular weight is 373 g/mol. The average Bonchev–Trinajstić information content (AvgIpc) is 2.59. The maximum Gasteiger partial charge on any atom is 0.237 e. The summed E-state index contributed by atoms with van der Waals surface area (Å²) in [5.41, 5.74) is 1.89. The van der Waals surface area contributed by atoms with Crippen molar-refractivity contribution >= 4 is 11.7 Å². The maximum atomic E-state index is 12.8. The number of likely N-dealkylation sites (tertiary alicyclic amines) is 1. The van der Waals surface area contributed by atoms with E-state index in [9.17, 15) is 9.59 Å². The van der Waals surface area contributed by atoms with Crippen molar-refractivity contribution in [3.63, 3.8) is 0 Å². The molecule has 1 atom stereocenters. The number of benzene rings is 1. The minimum Gasteiger partial charge on any atom is -0.350 e. The minimum absolute atomic E-state index is 0.0630. The summed E-state index contributed by atoms with van der Waals surface area (Å²) in [6.45, 7) is 13.9. The molecule has 1 amide bonds. The number of nitrogens with one attached hydrogen (secondary N) is 1. The molecule has 1 saturated heterocycles. The molecule has 27 heavy (non-hydrogen) atoms. The van der Waals surface area contributed by atoms with Gasteiger partial charge in [-0.2, -0.15) is 0 Å². The standard InChI is InChI=1S/C23H36N2O2/c1-16(2)15-18-7-9-19(10-8-18)21(26)20-11-13-25(14-12-20)17(3)22(27)24-23(4,5)6/h7-10,16-17,20H,11-15H2,1-6H3,(H,24,27). The number of amides is 1. The first-order valence-corrected chi connectivity index (χ1v) is 10.3. The lowest BCUT2D eigenvalue weighted by atomic mass is 9.88. The first-order valence-electron chi connectivity index (χ1n) is 10.3. The highest BCUT2D eigenvalue weighted by Gasteiger charge is 2.31. The van der Waals surface area contributed by atoms with Crippen molar-refractivity contribution in [1.29, 1.82) is 0 Å². The predicted molar refractivity (Wildman–Crippen MR) is 111 cm³/mol. The smallest absolute Gasteiger partial charge is 0.237 e. The number of hydrogen-bond donors (Lipinski definition) is 1. The molecule has 1 fully saturated rings. The minimum atomic E-state index is -0.221. The fourth-order valence-corrected chi connectivity index (χ4v) is 3.70. The van der Waals surface area contributed by atoms with E-state index < -0.39 is 0 Å². The van der Waals surface area contributed by atoms with Gasteiger partial charge in [-0.25, -0.2) is 0 Å². The highest BCUT2D eigenvalue weighted by atomic mass is 16.2. The van der Waals surface area contributed by atoms with E-state index in [1.54, 1.807) is 0 Å². The fraction of sp³-hybridized carbons (Fsp3) is 0.652. The lowest BCUT2D eigenvalue weighted by Gasteiger charge is -2.36. The van der Waals surface area contributed by atoms with Crippen LogP contribution in [-0.2, 0) is 11.2 Å². The first kappa shape index (κ1) is 21.6. The van der Waals surface area contributed by atoms with Crippen LogP contribution >= 0.6 is 0 Å². The van der Waals surface area contributed by atoms with Gasteiger partial charge in [0.2, 0.25) is 5.91 Å². The molecule has 4 heteroatoms. The Morgan fingerprint density at radius 2 is 1.63 bits per heavy atom. The molecule has 0 saturated carbocycles. The Kier molecular flexibility index (Phi) is 7.21. The second-order valence-corrected chi connectivity index (χ2v) is 9.38. The summed E-state index contributed by atoms with van der Waals surface area (Å²) in [7, 11) is 0. The molecule has 150 valence electrons. The van der Waals surface area contributed by atoms with E-state index in [-0.39, 0.29) is 29.2 Å². The molecule has 1 aromatic rings. The van der Waals surface area contributed by atoms with Crippen LogP contribution in [0.5, 0.6) is 0 Å².